The molecule has 0 fully saturated rings. The van der Waals surface area contributed by atoms with Crippen molar-refractivity contribution in [2.24, 2.45) is 5.73 Å². The molecule has 0 aliphatic heterocycles. The van der Waals surface area contributed by atoms with E-state index in [9.17, 15) is 8.78 Å². The minimum absolute atomic E-state index is 0.0803. The molecule has 2 aromatic rings. The Kier molecular flexibility index (Phi) is 4.58. The molecule has 0 radical (unpaired) electrons. The molecule has 1 aromatic carbocycles. The van der Waals surface area contributed by atoms with Gasteiger partial charge in [-0.1, -0.05) is 12.2 Å². The van der Waals surface area contributed by atoms with Crippen LogP contribution in [0.1, 0.15) is 33.8 Å². The number of nitrogens with two attached hydrogens (primary N) is 1. The van der Waals surface area contributed by atoms with Crippen molar-refractivity contribution in [2.75, 3.05) is 5.32 Å². The molecule has 0 saturated carbocycles. The fourth-order valence-electron chi connectivity index (χ4n) is 2.24. The van der Waals surface area contributed by atoms with Crippen molar-refractivity contribution in [1.29, 1.82) is 0 Å². The van der Waals surface area contributed by atoms with Gasteiger partial charge < -0.3 is 11.1 Å². The van der Waals surface area contributed by atoms with E-state index in [2.05, 4.69) is 23.6 Å². The molecule has 0 saturated heterocycles. The van der Waals surface area contributed by atoms with Crippen LogP contribution in [0.3, 0.4) is 0 Å². The second kappa shape index (κ2) is 6.07. The van der Waals surface area contributed by atoms with Gasteiger partial charge in [-0.05, 0) is 44.5 Å². The van der Waals surface area contributed by atoms with E-state index in [1.807, 2.05) is 20.8 Å². The van der Waals surface area contributed by atoms with Crippen molar-refractivity contribution >= 4 is 34.2 Å². The molecule has 0 aliphatic carbocycles. The Labute approximate surface area is 132 Å². The molecule has 2 rings (SSSR count). The van der Waals surface area contributed by atoms with Crippen LogP contribution in [0.2, 0.25) is 0 Å². The zero-order chi connectivity index (χ0) is 15.7. The van der Waals surface area contributed by atoms with Crippen LogP contribution >= 0.6 is 23.6 Å². The lowest BCUT2D eigenvalue weighted by Crippen LogP contribution is -2.15. The van der Waals surface area contributed by atoms with E-state index in [1.165, 1.54) is 17.0 Å². The van der Waals surface area contributed by atoms with Gasteiger partial charge in [-0.2, -0.15) is 0 Å². The number of benzene rings is 1. The summed E-state index contributed by atoms with van der Waals surface area (Å²) in [4.78, 5) is 2.19. The third-order valence-corrected chi connectivity index (χ3v) is 4.47. The standard InChI is InChI=1S/C15H16F2N2S2/c1-7-6-11(9(3)21-7)8(2)19-12-5-4-10(15(18)20)13(16)14(12)17/h4-6,8,19H,1-3H3,(H2,18,20). The Morgan fingerprint density at radius 2 is 1.95 bits per heavy atom. The van der Waals surface area contributed by atoms with E-state index >= 15 is 0 Å². The molecule has 6 heteroatoms. The molecular formula is C15H16F2N2S2. The van der Waals surface area contributed by atoms with Crippen molar-refractivity contribution in [2.45, 2.75) is 26.8 Å². The van der Waals surface area contributed by atoms with Gasteiger partial charge >= 0.3 is 0 Å². The van der Waals surface area contributed by atoms with Crippen molar-refractivity contribution < 1.29 is 8.78 Å². The van der Waals surface area contributed by atoms with Crippen molar-refractivity contribution in [3.05, 3.63) is 50.7 Å². The van der Waals surface area contributed by atoms with Crippen LogP contribution in [0.15, 0.2) is 18.2 Å². The highest BCUT2D eigenvalue weighted by Crippen LogP contribution is 2.30. The summed E-state index contributed by atoms with van der Waals surface area (Å²) in [5, 5.41) is 3.00. The predicted octanol–water partition coefficient (Wildman–Crippen LogP) is 4.45. The fraction of sp³-hybridized carbons (Fsp3) is 0.267. The monoisotopic (exact) mass is 326 g/mol. The summed E-state index contributed by atoms with van der Waals surface area (Å²) < 4.78 is 27.9. The number of rotatable bonds is 4. The number of thiophene rings is 1. The molecule has 112 valence electrons. The Bertz CT molecular complexity index is 695. The minimum Gasteiger partial charge on any atom is -0.389 e. The van der Waals surface area contributed by atoms with Crippen LogP contribution < -0.4 is 11.1 Å². The maximum Gasteiger partial charge on any atom is 0.182 e. The number of halogens is 2. The lowest BCUT2D eigenvalue weighted by atomic mass is 10.1. The van der Waals surface area contributed by atoms with Gasteiger partial charge in [0, 0.05) is 21.4 Å². The number of nitrogens with one attached hydrogen (secondary N) is 1. The van der Waals surface area contributed by atoms with Crippen LogP contribution in [-0.4, -0.2) is 4.99 Å². The van der Waals surface area contributed by atoms with Gasteiger partial charge in [0.2, 0.25) is 0 Å². The first kappa shape index (κ1) is 15.9. The SMILES string of the molecule is Cc1cc(C(C)Nc2ccc(C(N)=S)c(F)c2F)c(C)s1. The van der Waals surface area contributed by atoms with Crippen molar-refractivity contribution in [1.82, 2.24) is 0 Å². The molecule has 3 N–H and O–H groups in total. The first-order chi connectivity index (χ1) is 9.81. The second-order valence-corrected chi connectivity index (χ2v) is 6.79. The van der Waals surface area contributed by atoms with Crippen LogP contribution in [0.5, 0.6) is 0 Å². The topological polar surface area (TPSA) is 38.0 Å². The highest BCUT2D eigenvalue weighted by Gasteiger charge is 2.18. The van der Waals surface area contributed by atoms with E-state index in [1.54, 1.807) is 11.3 Å². The predicted molar refractivity (Wildman–Crippen MR) is 88.1 cm³/mol. The van der Waals surface area contributed by atoms with Crippen molar-refractivity contribution in [3.8, 4) is 0 Å². The molecule has 0 spiro atoms. The van der Waals surface area contributed by atoms with Gasteiger partial charge in [0.1, 0.15) is 4.99 Å². The molecule has 0 amide bonds. The van der Waals surface area contributed by atoms with Crippen LogP contribution in [0.25, 0.3) is 0 Å². The molecule has 1 atom stereocenters. The Hall–Kier alpha value is -1.53. The number of hydrogen-bond acceptors (Lipinski definition) is 3. The number of anilines is 1. The maximum absolute atomic E-state index is 14.1. The molecule has 1 aromatic heterocycles. The second-order valence-electron chi connectivity index (χ2n) is 4.89. The average molecular weight is 326 g/mol. The van der Waals surface area contributed by atoms with Gasteiger partial charge in [-0.3, -0.25) is 0 Å². The largest absolute Gasteiger partial charge is 0.389 e. The summed E-state index contributed by atoms with van der Waals surface area (Å²) in [6.45, 7) is 5.94. The molecule has 0 bridgehead atoms. The van der Waals surface area contributed by atoms with E-state index < -0.39 is 11.6 Å². The summed E-state index contributed by atoms with van der Waals surface area (Å²) >= 11 is 6.37. The van der Waals surface area contributed by atoms with E-state index in [-0.39, 0.29) is 22.3 Å². The van der Waals surface area contributed by atoms with Crippen LogP contribution in [-0.2, 0) is 0 Å². The van der Waals surface area contributed by atoms with E-state index in [0.29, 0.717) is 0 Å². The van der Waals surface area contributed by atoms with Crippen LogP contribution in [0.4, 0.5) is 14.5 Å². The smallest absolute Gasteiger partial charge is 0.182 e. The van der Waals surface area contributed by atoms with Gasteiger partial charge in [0.15, 0.2) is 11.6 Å². The first-order valence-corrected chi connectivity index (χ1v) is 7.65. The third kappa shape index (κ3) is 3.22. The highest BCUT2D eigenvalue weighted by molar-refractivity contribution is 7.80. The molecule has 0 aliphatic rings. The summed E-state index contributed by atoms with van der Waals surface area (Å²) in [6.07, 6.45) is 0. The van der Waals surface area contributed by atoms with E-state index in [0.717, 1.165) is 10.4 Å². The van der Waals surface area contributed by atoms with Crippen LogP contribution in [0, 0.1) is 25.5 Å². The average Bonchev–Trinajstić information content (AvgIpc) is 2.74. The van der Waals surface area contributed by atoms with Crippen molar-refractivity contribution in [3.63, 3.8) is 0 Å². The summed E-state index contributed by atoms with van der Waals surface area (Å²) in [5.74, 6) is -1.98. The number of aryl methyl sites for hydroxylation is 2. The lowest BCUT2D eigenvalue weighted by Gasteiger charge is -2.17. The van der Waals surface area contributed by atoms with Gasteiger partial charge in [0.25, 0.3) is 0 Å². The lowest BCUT2D eigenvalue weighted by molar-refractivity contribution is 0.508. The van der Waals surface area contributed by atoms with Gasteiger partial charge in [-0.15, -0.1) is 11.3 Å². The fourth-order valence-corrected chi connectivity index (χ4v) is 3.42. The zero-order valence-corrected chi connectivity index (χ0v) is 13.6. The Morgan fingerprint density at radius 3 is 2.48 bits per heavy atom. The van der Waals surface area contributed by atoms with Gasteiger partial charge in [0.05, 0.1) is 5.69 Å². The molecule has 1 heterocycles. The molecule has 2 nitrogen and oxygen atoms in total. The molecule has 21 heavy (non-hydrogen) atoms. The number of hydrogen-bond donors (Lipinski definition) is 2. The maximum atomic E-state index is 14.1. The molecular weight excluding hydrogens is 310 g/mol. The summed E-state index contributed by atoms with van der Waals surface area (Å²) in [7, 11) is 0. The minimum atomic E-state index is -1.02. The normalized spacial score (nSPS) is 12.2. The van der Waals surface area contributed by atoms with E-state index in [4.69, 9.17) is 5.73 Å². The zero-order valence-electron chi connectivity index (χ0n) is 12.0. The Balaban J connectivity index is 2.30. The summed E-state index contributed by atoms with van der Waals surface area (Å²) in [6, 6.07) is 4.77. The third-order valence-electron chi connectivity index (χ3n) is 3.27. The quantitative estimate of drug-likeness (QED) is 0.815. The first-order valence-electron chi connectivity index (χ1n) is 6.42. The number of thiocarbonyl (C=S) groups is 1. The Morgan fingerprint density at radius 1 is 1.29 bits per heavy atom. The summed E-state index contributed by atoms with van der Waals surface area (Å²) in [5.41, 5.74) is 6.45. The molecule has 1 unspecified atom stereocenters. The van der Waals surface area contributed by atoms with Gasteiger partial charge in [-0.25, -0.2) is 8.78 Å². The highest BCUT2D eigenvalue weighted by atomic mass is 32.1.